The molecule has 0 saturated heterocycles. The van der Waals surface area contributed by atoms with E-state index < -0.39 is 0 Å². The van der Waals surface area contributed by atoms with Crippen molar-refractivity contribution in [1.29, 1.82) is 10.7 Å². The number of rotatable bonds is 3. The van der Waals surface area contributed by atoms with Gasteiger partial charge in [-0.15, -0.1) is 0 Å². The lowest BCUT2D eigenvalue weighted by Crippen LogP contribution is -2.15. The van der Waals surface area contributed by atoms with Crippen LogP contribution in [0.5, 0.6) is 0 Å². The van der Waals surface area contributed by atoms with E-state index in [4.69, 9.17) is 5.41 Å². The summed E-state index contributed by atoms with van der Waals surface area (Å²) < 4.78 is 0. The van der Waals surface area contributed by atoms with E-state index in [1.807, 2.05) is 30.3 Å². The largest absolute Gasteiger partial charge is 0.282 e. The minimum atomic E-state index is -0.158. The molecule has 0 spiro atoms. The number of amidine groups is 1. The second-order valence-corrected chi connectivity index (χ2v) is 10.1. The smallest absolute Gasteiger partial charge is 0.151 e. The lowest BCUT2D eigenvalue weighted by molar-refractivity contribution is 0.660. The average Bonchev–Trinajstić information content (AvgIpc) is 3.18. The van der Waals surface area contributed by atoms with Gasteiger partial charge in [0, 0.05) is 11.0 Å². The summed E-state index contributed by atoms with van der Waals surface area (Å²) in [6, 6.07) is 36.0. The van der Waals surface area contributed by atoms with Gasteiger partial charge >= 0.3 is 0 Å². The first-order valence-electron chi connectivity index (χ1n) is 12.3. The number of benzene rings is 5. The maximum absolute atomic E-state index is 9.45. The molecule has 6 rings (SSSR count). The molecule has 1 N–H and O–H groups in total. The molecule has 37 heavy (non-hydrogen) atoms. The molecular formula is C34H25N3. The van der Waals surface area contributed by atoms with E-state index in [1.165, 1.54) is 33.4 Å². The summed E-state index contributed by atoms with van der Waals surface area (Å²) in [4.78, 5) is 3.76. The highest BCUT2D eigenvalue weighted by Crippen LogP contribution is 2.52. The van der Waals surface area contributed by atoms with Gasteiger partial charge in [0.15, 0.2) is 5.84 Å². The monoisotopic (exact) mass is 475 g/mol. The number of nitriles is 1. The van der Waals surface area contributed by atoms with Gasteiger partial charge < -0.3 is 0 Å². The molecule has 3 heteroatoms. The lowest BCUT2D eigenvalue weighted by atomic mass is 9.81. The summed E-state index contributed by atoms with van der Waals surface area (Å²) in [6.45, 7) is 7.96. The third kappa shape index (κ3) is 3.58. The van der Waals surface area contributed by atoms with Crippen molar-refractivity contribution in [3.8, 4) is 39.4 Å². The lowest BCUT2D eigenvalue weighted by Gasteiger charge is -2.21. The second kappa shape index (κ2) is 8.40. The summed E-state index contributed by atoms with van der Waals surface area (Å²) in [5.41, 5.74) is 10.9. The van der Waals surface area contributed by atoms with Crippen molar-refractivity contribution in [2.24, 2.45) is 4.99 Å². The highest BCUT2D eigenvalue weighted by atomic mass is 14.8. The Morgan fingerprint density at radius 2 is 1.49 bits per heavy atom. The zero-order valence-corrected chi connectivity index (χ0v) is 20.8. The molecule has 5 aromatic carbocycles. The van der Waals surface area contributed by atoms with Crippen LogP contribution in [0.3, 0.4) is 0 Å². The van der Waals surface area contributed by atoms with Crippen molar-refractivity contribution in [1.82, 2.24) is 0 Å². The highest BCUT2D eigenvalue weighted by Gasteiger charge is 2.37. The number of fused-ring (bicyclic) bond motifs is 4. The van der Waals surface area contributed by atoms with Crippen LogP contribution in [-0.4, -0.2) is 12.6 Å². The minimum absolute atomic E-state index is 0.158. The second-order valence-electron chi connectivity index (χ2n) is 10.1. The molecule has 0 aromatic heterocycles. The molecule has 0 atom stereocenters. The van der Waals surface area contributed by atoms with Crippen LogP contribution in [0.2, 0.25) is 0 Å². The quantitative estimate of drug-likeness (QED) is 0.207. The van der Waals surface area contributed by atoms with E-state index in [-0.39, 0.29) is 11.3 Å². The topological polar surface area (TPSA) is 60.0 Å². The first-order valence-corrected chi connectivity index (χ1v) is 12.3. The van der Waals surface area contributed by atoms with Crippen molar-refractivity contribution in [2.75, 3.05) is 0 Å². The van der Waals surface area contributed by atoms with Gasteiger partial charge in [-0.05, 0) is 86.3 Å². The van der Waals surface area contributed by atoms with Crippen LogP contribution in [0, 0.1) is 16.7 Å². The fraction of sp³-hybridized carbons (Fsp3) is 0.0882. The Labute approximate surface area is 216 Å². The molecule has 0 saturated carbocycles. The number of nitrogens with one attached hydrogen (secondary N) is 1. The van der Waals surface area contributed by atoms with Gasteiger partial charge in [-0.3, -0.25) is 5.41 Å². The Hall–Kier alpha value is -4.81. The molecule has 176 valence electrons. The first kappa shape index (κ1) is 22.6. The van der Waals surface area contributed by atoms with Gasteiger partial charge in [0.25, 0.3) is 0 Å². The molecule has 3 nitrogen and oxygen atoms in total. The average molecular weight is 476 g/mol. The number of hydrogen-bond donors (Lipinski definition) is 1. The van der Waals surface area contributed by atoms with Crippen molar-refractivity contribution >= 4 is 23.3 Å². The molecule has 5 aromatic rings. The maximum Gasteiger partial charge on any atom is 0.151 e. The summed E-state index contributed by atoms with van der Waals surface area (Å²) in [5, 5.41) is 19.6. The zero-order chi connectivity index (χ0) is 25.7. The standard InChI is InChI=1S/C34H25N3/c1-34(2)30-6-4-5-28(32(30)29-16-7-21(20-35)17-31(29)34)24-12-8-22(9-13-24)25-14-10-23-11-15-26(33(36)37-3)19-27(23)18-25/h4-19,36H,3H2,1-2H3. The van der Waals surface area contributed by atoms with Crippen molar-refractivity contribution in [3.05, 3.63) is 119 Å². The van der Waals surface area contributed by atoms with Crippen molar-refractivity contribution in [2.45, 2.75) is 19.3 Å². The molecule has 0 bridgehead atoms. The van der Waals surface area contributed by atoms with Gasteiger partial charge in [0.1, 0.15) is 0 Å². The predicted molar refractivity (Wildman–Crippen MR) is 153 cm³/mol. The molecule has 0 heterocycles. The Balaban J connectivity index is 1.41. The fourth-order valence-electron chi connectivity index (χ4n) is 5.60. The molecule has 1 aliphatic carbocycles. The Morgan fingerprint density at radius 1 is 0.757 bits per heavy atom. The van der Waals surface area contributed by atoms with Crippen LogP contribution < -0.4 is 0 Å². The van der Waals surface area contributed by atoms with Gasteiger partial charge in [0.2, 0.25) is 0 Å². The van der Waals surface area contributed by atoms with Crippen LogP contribution in [-0.2, 0) is 5.41 Å². The summed E-state index contributed by atoms with van der Waals surface area (Å²) in [7, 11) is 0. The number of nitrogens with zero attached hydrogens (tertiary/aromatic N) is 2. The predicted octanol–water partition coefficient (Wildman–Crippen LogP) is 8.38. The Morgan fingerprint density at radius 3 is 2.24 bits per heavy atom. The van der Waals surface area contributed by atoms with Gasteiger partial charge in [-0.2, -0.15) is 5.26 Å². The number of aliphatic imine (C=N–C) groups is 1. The van der Waals surface area contributed by atoms with E-state index >= 15 is 0 Å². The first-order chi connectivity index (χ1) is 17.9. The number of hydrogen-bond acceptors (Lipinski definition) is 2. The Kier molecular flexibility index (Phi) is 5.14. The summed E-state index contributed by atoms with van der Waals surface area (Å²) in [5.74, 6) is 0.181. The highest BCUT2D eigenvalue weighted by molar-refractivity contribution is 6.02. The molecule has 1 aliphatic rings. The molecule has 0 radical (unpaired) electrons. The van der Waals surface area contributed by atoms with Crippen molar-refractivity contribution < 1.29 is 0 Å². The van der Waals surface area contributed by atoms with E-state index in [1.54, 1.807) is 0 Å². The zero-order valence-electron chi connectivity index (χ0n) is 20.8. The Bertz CT molecular complexity index is 1780. The van der Waals surface area contributed by atoms with Crippen LogP contribution in [0.1, 0.15) is 36.1 Å². The van der Waals surface area contributed by atoms with Crippen LogP contribution >= 0.6 is 0 Å². The van der Waals surface area contributed by atoms with Gasteiger partial charge in [-0.1, -0.05) is 86.6 Å². The third-order valence-electron chi connectivity index (χ3n) is 7.63. The molecule has 0 unspecified atom stereocenters. The van der Waals surface area contributed by atoms with Crippen LogP contribution in [0.4, 0.5) is 0 Å². The molecule has 0 amide bonds. The van der Waals surface area contributed by atoms with Crippen LogP contribution in [0.25, 0.3) is 44.2 Å². The maximum atomic E-state index is 9.45. The SMILES string of the molecule is C=NC(=N)c1ccc2ccc(-c3ccc(-c4cccc5c4-c4ccc(C#N)cc4C5(C)C)cc3)cc2c1. The van der Waals surface area contributed by atoms with Crippen LogP contribution in [0.15, 0.2) is 102 Å². The summed E-state index contributed by atoms with van der Waals surface area (Å²) >= 11 is 0. The van der Waals surface area contributed by atoms with Gasteiger partial charge in [-0.25, -0.2) is 4.99 Å². The fourth-order valence-corrected chi connectivity index (χ4v) is 5.60. The van der Waals surface area contributed by atoms with E-state index in [2.05, 4.69) is 98.4 Å². The van der Waals surface area contributed by atoms with Gasteiger partial charge in [0.05, 0.1) is 11.6 Å². The van der Waals surface area contributed by atoms with E-state index in [9.17, 15) is 5.26 Å². The van der Waals surface area contributed by atoms with E-state index in [0.717, 1.165) is 27.5 Å². The third-order valence-corrected chi connectivity index (χ3v) is 7.63. The molecule has 0 aliphatic heterocycles. The normalized spacial score (nSPS) is 13.0. The molecule has 0 fully saturated rings. The van der Waals surface area contributed by atoms with Crippen molar-refractivity contribution in [3.63, 3.8) is 0 Å². The summed E-state index contributed by atoms with van der Waals surface area (Å²) in [6.07, 6.45) is 0. The molecular weight excluding hydrogens is 450 g/mol. The van der Waals surface area contributed by atoms with E-state index in [0.29, 0.717) is 5.56 Å². The minimum Gasteiger partial charge on any atom is -0.282 e.